The molecule has 2 aromatic heterocycles. The van der Waals surface area contributed by atoms with Gasteiger partial charge in [0.15, 0.2) is 5.96 Å². The Kier molecular flexibility index (Phi) is 6.20. The molecule has 0 atom stereocenters. The zero-order valence-electron chi connectivity index (χ0n) is 16.0. The highest BCUT2D eigenvalue weighted by Gasteiger charge is 2.06. The van der Waals surface area contributed by atoms with Crippen LogP contribution in [0, 0.1) is 13.8 Å². The molecule has 0 saturated heterocycles. The van der Waals surface area contributed by atoms with Crippen LogP contribution in [0.1, 0.15) is 29.8 Å². The molecule has 0 unspecified atom stereocenters. The first-order valence-corrected chi connectivity index (χ1v) is 9.11. The van der Waals surface area contributed by atoms with Gasteiger partial charge in [-0.05, 0) is 44.5 Å². The lowest BCUT2D eigenvalue weighted by molar-refractivity contribution is 0.463. The van der Waals surface area contributed by atoms with Crippen molar-refractivity contribution >= 4 is 5.96 Å². The maximum atomic E-state index is 5.61. The molecule has 27 heavy (non-hydrogen) atoms. The number of hydrogen-bond donors (Lipinski definition) is 2. The van der Waals surface area contributed by atoms with Crippen LogP contribution >= 0.6 is 0 Å². The van der Waals surface area contributed by atoms with E-state index in [1.54, 1.807) is 6.20 Å². The van der Waals surface area contributed by atoms with Gasteiger partial charge in [0, 0.05) is 18.3 Å². The number of rotatable bonds is 6. The number of benzene rings is 1. The minimum atomic E-state index is 0.495. The molecule has 0 radical (unpaired) electrons. The van der Waals surface area contributed by atoms with E-state index in [0.29, 0.717) is 19.0 Å². The van der Waals surface area contributed by atoms with Crippen molar-refractivity contribution in [3.63, 3.8) is 0 Å². The molecular weight excluding hydrogens is 338 g/mol. The average molecular weight is 363 g/mol. The molecule has 0 aliphatic carbocycles. The quantitative estimate of drug-likeness (QED) is 0.517. The normalized spacial score (nSPS) is 11.4. The molecule has 6 heteroatoms. The maximum absolute atomic E-state index is 5.61. The highest BCUT2D eigenvalue weighted by atomic mass is 16.4. The van der Waals surface area contributed by atoms with E-state index in [-0.39, 0.29) is 0 Å². The van der Waals surface area contributed by atoms with E-state index < -0.39 is 0 Å². The minimum Gasteiger partial charge on any atom is -0.444 e. The summed E-state index contributed by atoms with van der Waals surface area (Å²) in [5, 5.41) is 6.51. The van der Waals surface area contributed by atoms with Gasteiger partial charge < -0.3 is 15.1 Å². The second-order valence-corrected chi connectivity index (χ2v) is 6.21. The predicted molar refractivity (Wildman–Crippen MR) is 107 cm³/mol. The van der Waals surface area contributed by atoms with Gasteiger partial charge in [-0.3, -0.25) is 4.98 Å². The third kappa shape index (κ3) is 5.17. The Morgan fingerprint density at radius 3 is 2.70 bits per heavy atom. The van der Waals surface area contributed by atoms with E-state index in [9.17, 15) is 0 Å². The third-order valence-corrected chi connectivity index (χ3v) is 4.13. The molecule has 0 saturated carbocycles. The molecule has 0 bridgehead atoms. The zero-order chi connectivity index (χ0) is 19.1. The molecular formula is C21H25N5O. The topological polar surface area (TPSA) is 75.3 Å². The monoisotopic (exact) mass is 363 g/mol. The maximum Gasteiger partial charge on any atom is 0.214 e. The van der Waals surface area contributed by atoms with Crippen molar-refractivity contribution in [2.75, 3.05) is 6.54 Å². The molecule has 2 N–H and O–H groups in total. The molecule has 140 valence electrons. The number of aliphatic imine (C=N–C) groups is 1. The zero-order valence-corrected chi connectivity index (χ0v) is 16.0. The number of oxazole rings is 1. The molecule has 0 aliphatic heterocycles. The van der Waals surface area contributed by atoms with Crippen molar-refractivity contribution in [3.8, 4) is 11.3 Å². The summed E-state index contributed by atoms with van der Waals surface area (Å²) in [6.45, 7) is 7.74. The summed E-state index contributed by atoms with van der Waals surface area (Å²) in [6.07, 6.45) is 1.81. The fraction of sp³-hybridized carbons (Fsp3) is 0.286. The van der Waals surface area contributed by atoms with Crippen LogP contribution in [-0.4, -0.2) is 22.5 Å². The number of pyridine rings is 1. The second-order valence-electron chi connectivity index (χ2n) is 6.21. The smallest absolute Gasteiger partial charge is 0.214 e. The summed E-state index contributed by atoms with van der Waals surface area (Å²) < 4.78 is 5.61. The fourth-order valence-electron chi connectivity index (χ4n) is 2.65. The number of guanidine groups is 1. The van der Waals surface area contributed by atoms with Crippen LogP contribution in [0.2, 0.25) is 0 Å². The van der Waals surface area contributed by atoms with Crippen LogP contribution in [0.3, 0.4) is 0 Å². The van der Waals surface area contributed by atoms with Crippen LogP contribution in [0.25, 0.3) is 11.3 Å². The SMILES string of the molecule is CCNC(=NCc1cccc(-c2ccccn2)c1)NCc1nc(C)c(C)o1. The summed E-state index contributed by atoms with van der Waals surface area (Å²) in [6, 6.07) is 14.2. The third-order valence-electron chi connectivity index (χ3n) is 4.13. The van der Waals surface area contributed by atoms with Crippen molar-refractivity contribution in [2.45, 2.75) is 33.9 Å². The lowest BCUT2D eigenvalue weighted by atomic mass is 10.1. The Hall–Kier alpha value is -3.15. The van der Waals surface area contributed by atoms with Gasteiger partial charge in [-0.25, -0.2) is 9.98 Å². The van der Waals surface area contributed by atoms with E-state index in [1.807, 2.05) is 45.0 Å². The molecule has 0 fully saturated rings. The van der Waals surface area contributed by atoms with Gasteiger partial charge in [-0.15, -0.1) is 0 Å². The first-order valence-electron chi connectivity index (χ1n) is 9.11. The van der Waals surface area contributed by atoms with E-state index in [1.165, 1.54) is 0 Å². The number of aryl methyl sites for hydroxylation is 2. The largest absolute Gasteiger partial charge is 0.444 e. The average Bonchev–Trinajstić information content (AvgIpc) is 3.02. The van der Waals surface area contributed by atoms with Gasteiger partial charge in [-0.2, -0.15) is 0 Å². The second kappa shape index (κ2) is 8.98. The predicted octanol–water partition coefficient (Wildman–Crippen LogP) is 3.61. The van der Waals surface area contributed by atoms with Crippen molar-refractivity contribution in [2.24, 2.45) is 4.99 Å². The van der Waals surface area contributed by atoms with Gasteiger partial charge in [0.1, 0.15) is 5.76 Å². The Labute approximate surface area is 159 Å². The number of aromatic nitrogens is 2. The van der Waals surface area contributed by atoms with Gasteiger partial charge in [0.25, 0.3) is 0 Å². The van der Waals surface area contributed by atoms with E-state index >= 15 is 0 Å². The Morgan fingerprint density at radius 1 is 1.11 bits per heavy atom. The van der Waals surface area contributed by atoms with Crippen molar-refractivity contribution in [1.29, 1.82) is 0 Å². The number of nitrogens with one attached hydrogen (secondary N) is 2. The Balaban J connectivity index is 1.67. The minimum absolute atomic E-state index is 0.495. The van der Waals surface area contributed by atoms with E-state index in [0.717, 1.165) is 40.8 Å². The first kappa shape index (κ1) is 18.6. The highest BCUT2D eigenvalue weighted by molar-refractivity contribution is 5.79. The first-order chi connectivity index (χ1) is 13.2. The van der Waals surface area contributed by atoms with E-state index in [4.69, 9.17) is 4.42 Å². The van der Waals surface area contributed by atoms with Gasteiger partial charge in [0.05, 0.1) is 24.5 Å². The summed E-state index contributed by atoms with van der Waals surface area (Å²) in [4.78, 5) is 13.5. The van der Waals surface area contributed by atoms with Gasteiger partial charge in [0.2, 0.25) is 5.89 Å². The summed E-state index contributed by atoms with van der Waals surface area (Å²) in [5.41, 5.74) is 4.09. The lowest BCUT2D eigenvalue weighted by Crippen LogP contribution is -2.36. The van der Waals surface area contributed by atoms with Crippen molar-refractivity contribution < 1.29 is 4.42 Å². The van der Waals surface area contributed by atoms with Crippen LogP contribution in [0.15, 0.2) is 58.1 Å². The summed E-state index contributed by atoms with van der Waals surface area (Å²) in [7, 11) is 0. The molecule has 0 amide bonds. The van der Waals surface area contributed by atoms with Crippen LogP contribution in [0.4, 0.5) is 0 Å². The highest BCUT2D eigenvalue weighted by Crippen LogP contribution is 2.18. The van der Waals surface area contributed by atoms with Crippen LogP contribution < -0.4 is 10.6 Å². The van der Waals surface area contributed by atoms with Gasteiger partial charge in [-0.1, -0.05) is 24.3 Å². The summed E-state index contributed by atoms with van der Waals surface area (Å²) >= 11 is 0. The Morgan fingerprint density at radius 2 is 2.00 bits per heavy atom. The molecule has 3 aromatic rings. The van der Waals surface area contributed by atoms with Gasteiger partial charge >= 0.3 is 0 Å². The fourth-order valence-corrected chi connectivity index (χ4v) is 2.65. The molecule has 0 spiro atoms. The Bertz CT molecular complexity index is 882. The molecule has 3 rings (SSSR count). The lowest BCUT2D eigenvalue weighted by Gasteiger charge is -2.10. The summed E-state index contributed by atoms with van der Waals surface area (Å²) in [5.74, 6) is 2.24. The molecule has 1 aromatic carbocycles. The standard InChI is InChI=1S/C21H25N5O/c1-4-22-21(25-14-20-26-15(2)16(3)27-20)24-13-17-8-7-9-18(12-17)19-10-5-6-11-23-19/h5-12H,4,13-14H2,1-3H3,(H2,22,24,25). The number of hydrogen-bond acceptors (Lipinski definition) is 4. The number of nitrogens with zero attached hydrogens (tertiary/aromatic N) is 3. The van der Waals surface area contributed by atoms with Crippen molar-refractivity contribution in [3.05, 3.63) is 71.6 Å². The molecule has 0 aliphatic rings. The van der Waals surface area contributed by atoms with Crippen LogP contribution in [-0.2, 0) is 13.1 Å². The van der Waals surface area contributed by atoms with Crippen molar-refractivity contribution in [1.82, 2.24) is 20.6 Å². The van der Waals surface area contributed by atoms with E-state index in [2.05, 4.69) is 43.8 Å². The molecule has 2 heterocycles. The molecule has 6 nitrogen and oxygen atoms in total. The van der Waals surface area contributed by atoms with Crippen LogP contribution in [0.5, 0.6) is 0 Å².